The fraction of sp³-hybridized carbons (Fsp3) is 0.312. The van der Waals surface area contributed by atoms with Gasteiger partial charge in [0.2, 0.25) is 5.88 Å². The van der Waals surface area contributed by atoms with Gasteiger partial charge in [0.05, 0.1) is 23.4 Å². The molecule has 2 aromatic rings. The first-order valence-electron chi connectivity index (χ1n) is 7.11. The van der Waals surface area contributed by atoms with Gasteiger partial charge >= 0.3 is 0 Å². The fourth-order valence-electron chi connectivity index (χ4n) is 2.69. The number of carbonyl (C=O) groups is 1. The summed E-state index contributed by atoms with van der Waals surface area (Å²) in [5.41, 5.74) is 9.41. The normalized spacial score (nSPS) is 13.0. The highest BCUT2D eigenvalue weighted by Crippen LogP contribution is 2.32. The van der Waals surface area contributed by atoms with Gasteiger partial charge in [-0.15, -0.1) is 0 Å². The maximum Gasteiger partial charge on any atom is 0.250 e. The summed E-state index contributed by atoms with van der Waals surface area (Å²) in [6.45, 7) is 2.39. The molecule has 5 heteroatoms. The number of nitrogens with zero attached hydrogens (tertiary/aromatic N) is 2. The van der Waals surface area contributed by atoms with Crippen molar-refractivity contribution in [1.29, 1.82) is 0 Å². The fourth-order valence-corrected chi connectivity index (χ4v) is 2.69. The van der Waals surface area contributed by atoms with E-state index in [1.165, 1.54) is 0 Å². The van der Waals surface area contributed by atoms with Gasteiger partial charge in [0.1, 0.15) is 0 Å². The zero-order valence-electron chi connectivity index (χ0n) is 11.9. The van der Waals surface area contributed by atoms with Gasteiger partial charge in [-0.1, -0.05) is 0 Å². The SMILES string of the molecule is CCOc1ncccc1-c1nc2c(cc1C(N)=O)CCC2. The van der Waals surface area contributed by atoms with Crippen LogP contribution < -0.4 is 10.5 Å². The van der Waals surface area contributed by atoms with E-state index in [-0.39, 0.29) is 0 Å². The minimum Gasteiger partial charge on any atom is -0.477 e. The molecule has 0 aliphatic heterocycles. The van der Waals surface area contributed by atoms with Crippen LogP contribution in [-0.4, -0.2) is 22.5 Å². The van der Waals surface area contributed by atoms with Crippen LogP contribution in [0.15, 0.2) is 24.4 Å². The highest BCUT2D eigenvalue weighted by molar-refractivity contribution is 5.99. The maximum atomic E-state index is 11.8. The summed E-state index contributed by atoms with van der Waals surface area (Å²) < 4.78 is 5.54. The lowest BCUT2D eigenvalue weighted by Gasteiger charge is -2.12. The first-order valence-corrected chi connectivity index (χ1v) is 7.11. The van der Waals surface area contributed by atoms with Crippen LogP contribution in [0.25, 0.3) is 11.3 Å². The summed E-state index contributed by atoms with van der Waals surface area (Å²) in [7, 11) is 0. The number of hydrogen-bond donors (Lipinski definition) is 1. The molecule has 1 aliphatic carbocycles. The Morgan fingerprint density at radius 2 is 2.29 bits per heavy atom. The number of primary amides is 1. The van der Waals surface area contributed by atoms with Crippen molar-refractivity contribution in [2.75, 3.05) is 6.61 Å². The highest BCUT2D eigenvalue weighted by atomic mass is 16.5. The van der Waals surface area contributed by atoms with E-state index >= 15 is 0 Å². The second kappa shape index (κ2) is 5.52. The number of fused-ring (bicyclic) bond motifs is 1. The van der Waals surface area contributed by atoms with Crippen molar-refractivity contribution >= 4 is 5.91 Å². The van der Waals surface area contributed by atoms with Crippen molar-refractivity contribution in [2.24, 2.45) is 5.73 Å². The molecule has 3 rings (SSSR count). The Balaban J connectivity index is 2.20. The summed E-state index contributed by atoms with van der Waals surface area (Å²) in [5.74, 6) is 0.00597. The summed E-state index contributed by atoms with van der Waals surface area (Å²) in [5, 5.41) is 0. The van der Waals surface area contributed by atoms with Crippen LogP contribution in [0.3, 0.4) is 0 Å². The number of ether oxygens (including phenoxy) is 1. The van der Waals surface area contributed by atoms with E-state index < -0.39 is 5.91 Å². The minimum atomic E-state index is -0.474. The molecule has 108 valence electrons. The second-order valence-electron chi connectivity index (χ2n) is 5.00. The molecule has 0 fully saturated rings. The van der Waals surface area contributed by atoms with Gasteiger partial charge in [-0.05, 0) is 49.9 Å². The number of aryl methyl sites for hydroxylation is 2. The Morgan fingerprint density at radius 1 is 1.43 bits per heavy atom. The summed E-state index contributed by atoms with van der Waals surface area (Å²) >= 11 is 0. The number of nitrogens with two attached hydrogens (primary N) is 1. The molecule has 0 radical (unpaired) electrons. The van der Waals surface area contributed by atoms with E-state index in [2.05, 4.69) is 9.97 Å². The number of rotatable bonds is 4. The minimum absolute atomic E-state index is 0.435. The molecule has 0 atom stereocenters. The largest absolute Gasteiger partial charge is 0.477 e. The number of aromatic nitrogens is 2. The molecule has 1 amide bonds. The zero-order chi connectivity index (χ0) is 14.8. The van der Waals surface area contributed by atoms with Crippen LogP contribution >= 0.6 is 0 Å². The number of amides is 1. The van der Waals surface area contributed by atoms with E-state index in [4.69, 9.17) is 10.5 Å². The lowest BCUT2D eigenvalue weighted by atomic mass is 10.0. The van der Waals surface area contributed by atoms with Crippen molar-refractivity contribution in [2.45, 2.75) is 26.2 Å². The summed E-state index contributed by atoms with van der Waals surface area (Å²) in [4.78, 5) is 20.7. The Labute approximate surface area is 123 Å². The predicted molar refractivity (Wildman–Crippen MR) is 79.2 cm³/mol. The van der Waals surface area contributed by atoms with Crippen LogP contribution in [0.5, 0.6) is 5.88 Å². The van der Waals surface area contributed by atoms with Crippen molar-refractivity contribution < 1.29 is 9.53 Å². The van der Waals surface area contributed by atoms with Crippen LogP contribution in [0.1, 0.15) is 35.0 Å². The van der Waals surface area contributed by atoms with E-state index in [1.807, 2.05) is 19.1 Å². The van der Waals surface area contributed by atoms with Crippen molar-refractivity contribution in [3.63, 3.8) is 0 Å². The van der Waals surface area contributed by atoms with Gasteiger partial charge in [0.15, 0.2) is 0 Å². The molecule has 21 heavy (non-hydrogen) atoms. The van der Waals surface area contributed by atoms with Crippen molar-refractivity contribution in [3.05, 3.63) is 41.2 Å². The van der Waals surface area contributed by atoms with Crippen LogP contribution in [-0.2, 0) is 12.8 Å². The third-order valence-corrected chi connectivity index (χ3v) is 3.62. The highest BCUT2D eigenvalue weighted by Gasteiger charge is 2.22. The molecular formula is C16H17N3O2. The van der Waals surface area contributed by atoms with Gasteiger partial charge in [-0.2, -0.15) is 0 Å². The quantitative estimate of drug-likeness (QED) is 0.932. The lowest BCUT2D eigenvalue weighted by molar-refractivity contribution is 0.100. The third kappa shape index (κ3) is 2.46. The molecule has 2 aromatic heterocycles. The van der Waals surface area contributed by atoms with Gasteiger partial charge in [0.25, 0.3) is 5.91 Å². The molecule has 0 saturated carbocycles. The molecular weight excluding hydrogens is 266 g/mol. The average molecular weight is 283 g/mol. The van der Waals surface area contributed by atoms with Crippen molar-refractivity contribution in [3.8, 4) is 17.1 Å². The van der Waals surface area contributed by atoms with E-state index in [0.717, 1.165) is 30.5 Å². The molecule has 0 saturated heterocycles. The standard InChI is InChI=1S/C16H17N3O2/c1-2-21-16-11(6-4-8-18-16)14-12(15(17)20)9-10-5-3-7-13(10)19-14/h4,6,8-9H,2-3,5,7H2,1H3,(H2,17,20). The Morgan fingerprint density at radius 3 is 3.05 bits per heavy atom. The predicted octanol–water partition coefficient (Wildman–Crippen LogP) is 2.13. The van der Waals surface area contributed by atoms with Gasteiger partial charge in [-0.25, -0.2) is 4.98 Å². The van der Waals surface area contributed by atoms with Gasteiger partial charge in [0, 0.05) is 11.9 Å². The van der Waals surface area contributed by atoms with Crippen LogP contribution in [0, 0.1) is 0 Å². The number of hydrogen-bond acceptors (Lipinski definition) is 4. The average Bonchev–Trinajstić information content (AvgIpc) is 2.94. The Bertz CT molecular complexity index is 698. The summed E-state index contributed by atoms with van der Waals surface area (Å²) in [6, 6.07) is 5.53. The topological polar surface area (TPSA) is 78.1 Å². The molecule has 2 N–H and O–H groups in total. The molecule has 0 aromatic carbocycles. The molecule has 5 nitrogen and oxygen atoms in total. The maximum absolute atomic E-state index is 11.8. The summed E-state index contributed by atoms with van der Waals surface area (Å²) in [6.07, 6.45) is 4.61. The molecule has 0 unspecified atom stereocenters. The van der Waals surface area contributed by atoms with Gasteiger partial charge < -0.3 is 10.5 Å². The molecule has 0 spiro atoms. The van der Waals surface area contributed by atoms with E-state index in [9.17, 15) is 4.79 Å². The monoisotopic (exact) mass is 283 g/mol. The first-order chi connectivity index (χ1) is 10.2. The molecule has 2 heterocycles. The van der Waals surface area contributed by atoms with Gasteiger partial charge in [-0.3, -0.25) is 9.78 Å². The molecule has 1 aliphatic rings. The van der Waals surface area contributed by atoms with Crippen LogP contribution in [0.2, 0.25) is 0 Å². The van der Waals surface area contributed by atoms with E-state index in [1.54, 1.807) is 12.3 Å². The van der Waals surface area contributed by atoms with Crippen LogP contribution in [0.4, 0.5) is 0 Å². The molecule has 0 bridgehead atoms. The lowest BCUT2D eigenvalue weighted by Crippen LogP contribution is -2.15. The van der Waals surface area contributed by atoms with Crippen molar-refractivity contribution in [1.82, 2.24) is 9.97 Å². The Hall–Kier alpha value is -2.43. The second-order valence-corrected chi connectivity index (χ2v) is 5.00. The number of carbonyl (C=O) groups excluding carboxylic acids is 1. The first kappa shape index (κ1) is 13.5. The van der Waals surface area contributed by atoms with E-state index in [0.29, 0.717) is 29.3 Å². The zero-order valence-corrected chi connectivity index (χ0v) is 11.9. The third-order valence-electron chi connectivity index (χ3n) is 3.62. The number of pyridine rings is 2. The Kier molecular flexibility index (Phi) is 3.56. The smallest absolute Gasteiger partial charge is 0.250 e.